The van der Waals surface area contributed by atoms with Crippen LogP contribution in [0.2, 0.25) is 0 Å². The first-order valence-corrected chi connectivity index (χ1v) is 6.34. The van der Waals surface area contributed by atoms with Gasteiger partial charge in [-0.1, -0.05) is 20.3 Å². The number of hydrogen-bond donors (Lipinski definition) is 0. The average molecular weight is 285 g/mol. The first-order chi connectivity index (χ1) is 7.67. The second kappa shape index (κ2) is 6.69. The molecule has 0 aliphatic carbocycles. The molecule has 1 unspecified atom stereocenters. The van der Waals surface area contributed by atoms with Gasteiger partial charge in [-0.3, -0.25) is 4.79 Å². The van der Waals surface area contributed by atoms with Crippen molar-refractivity contribution in [3.05, 3.63) is 28.2 Å². The maximum absolute atomic E-state index is 10.6. The molecular weight excluding hydrogens is 268 g/mol. The lowest BCUT2D eigenvalue weighted by Crippen LogP contribution is -2.08. The predicted octanol–water partition coefficient (Wildman–Crippen LogP) is 4.08. The summed E-state index contributed by atoms with van der Waals surface area (Å²) in [6.45, 7) is 5.07. The summed E-state index contributed by atoms with van der Waals surface area (Å²) in [4.78, 5) is 10.6. The number of benzene rings is 1. The van der Waals surface area contributed by atoms with Gasteiger partial charge in [-0.25, -0.2) is 0 Å². The Morgan fingerprint density at radius 3 is 2.81 bits per heavy atom. The minimum Gasteiger partial charge on any atom is -0.493 e. The third-order valence-electron chi connectivity index (χ3n) is 2.41. The Morgan fingerprint density at radius 2 is 2.25 bits per heavy atom. The molecule has 0 heterocycles. The minimum absolute atomic E-state index is 0.564. The number of hydrogen-bond acceptors (Lipinski definition) is 2. The Hall–Kier alpha value is -0.830. The second-order valence-corrected chi connectivity index (χ2v) is 4.86. The van der Waals surface area contributed by atoms with E-state index in [9.17, 15) is 4.79 Å². The summed E-state index contributed by atoms with van der Waals surface area (Å²) in [6, 6.07) is 5.42. The van der Waals surface area contributed by atoms with Crippen molar-refractivity contribution in [1.29, 1.82) is 0 Å². The highest BCUT2D eigenvalue weighted by molar-refractivity contribution is 9.10. The van der Waals surface area contributed by atoms with Gasteiger partial charge in [0.2, 0.25) is 0 Å². The van der Waals surface area contributed by atoms with Crippen LogP contribution >= 0.6 is 15.9 Å². The van der Waals surface area contributed by atoms with Crippen molar-refractivity contribution in [2.75, 3.05) is 6.61 Å². The summed E-state index contributed by atoms with van der Waals surface area (Å²) in [7, 11) is 0. The number of ether oxygens (including phenoxy) is 1. The third kappa shape index (κ3) is 3.97. The van der Waals surface area contributed by atoms with E-state index in [0.29, 0.717) is 11.5 Å². The van der Waals surface area contributed by atoms with Crippen LogP contribution in [-0.2, 0) is 0 Å². The van der Waals surface area contributed by atoms with Crippen molar-refractivity contribution < 1.29 is 9.53 Å². The van der Waals surface area contributed by atoms with Gasteiger partial charge in [0.05, 0.1) is 6.61 Å². The molecule has 0 saturated heterocycles. The lowest BCUT2D eigenvalue weighted by atomic mass is 10.1. The molecule has 0 aliphatic rings. The molecule has 0 aliphatic heterocycles. The maximum atomic E-state index is 10.6. The van der Waals surface area contributed by atoms with Crippen LogP contribution in [0.5, 0.6) is 5.75 Å². The molecule has 0 saturated carbocycles. The van der Waals surface area contributed by atoms with Gasteiger partial charge in [0.25, 0.3) is 0 Å². The summed E-state index contributed by atoms with van der Waals surface area (Å²) in [5, 5.41) is 0. The molecule has 88 valence electrons. The topological polar surface area (TPSA) is 26.3 Å². The Labute approximate surface area is 105 Å². The first-order valence-electron chi connectivity index (χ1n) is 5.55. The fourth-order valence-corrected chi connectivity index (χ4v) is 1.96. The standard InChI is InChI=1S/C13H17BrO2/c1-3-4-10(2)9-16-12-6-5-11(8-15)13(14)7-12/h5-8,10H,3-4,9H2,1-2H3. The normalized spacial score (nSPS) is 12.2. The number of aldehydes is 1. The molecule has 1 rings (SSSR count). The zero-order valence-corrected chi connectivity index (χ0v) is 11.3. The van der Waals surface area contributed by atoms with Gasteiger partial charge in [-0.15, -0.1) is 0 Å². The smallest absolute Gasteiger partial charge is 0.151 e. The van der Waals surface area contributed by atoms with Gasteiger partial charge in [0.15, 0.2) is 6.29 Å². The average Bonchev–Trinajstić information content (AvgIpc) is 2.27. The van der Waals surface area contributed by atoms with E-state index in [-0.39, 0.29) is 0 Å². The number of halogens is 1. The SMILES string of the molecule is CCCC(C)COc1ccc(C=O)c(Br)c1. The lowest BCUT2D eigenvalue weighted by molar-refractivity contribution is 0.112. The van der Waals surface area contributed by atoms with E-state index in [1.807, 2.05) is 12.1 Å². The van der Waals surface area contributed by atoms with Gasteiger partial charge in [0.1, 0.15) is 5.75 Å². The molecule has 0 fully saturated rings. The summed E-state index contributed by atoms with van der Waals surface area (Å²) >= 11 is 3.33. The van der Waals surface area contributed by atoms with Crippen LogP contribution in [0.3, 0.4) is 0 Å². The molecule has 3 heteroatoms. The van der Waals surface area contributed by atoms with E-state index in [0.717, 1.165) is 23.1 Å². The Bertz CT molecular complexity index is 350. The molecule has 1 atom stereocenters. The molecule has 1 aromatic rings. The Morgan fingerprint density at radius 1 is 1.50 bits per heavy atom. The highest BCUT2D eigenvalue weighted by atomic mass is 79.9. The van der Waals surface area contributed by atoms with E-state index in [4.69, 9.17) is 4.74 Å². The summed E-state index contributed by atoms with van der Waals surface area (Å²) in [6.07, 6.45) is 3.18. The van der Waals surface area contributed by atoms with Gasteiger partial charge in [0, 0.05) is 10.0 Å². The molecule has 16 heavy (non-hydrogen) atoms. The van der Waals surface area contributed by atoms with E-state index in [2.05, 4.69) is 29.8 Å². The fraction of sp³-hybridized carbons (Fsp3) is 0.462. The lowest BCUT2D eigenvalue weighted by Gasteiger charge is -2.12. The fourth-order valence-electron chi connectivity index (χ4n) is 1.51. The van der Waals surface area contributed by atoms with Crippen LogP contribution in [0.4, 0.5) is 0 Å². The molecule has 0 amide bonds. The zero-order valence-electron chi connectivity index (χ0n) is 9.70. The van der Waals surface area contributed by atoms with Crippen molar-refractivity contribution in [2.45, 2.75) is 26.7 Å². The van der Waals surface area contributed by atoms with Crippen LogP contribution in [-0.4, -0.2) is 12.9 Å². The van der Waals surface area contributed by atoms with E-state index in [1.54, 1.807) is 6.07 Å². The van der Waals surface area contributed by atoms with Gasteiger partial charge in [-0.2, -0.15) is 0 Å². The highest BCUT2D eigenvalue weighted by Gasteiger charge is 2.04. The molecular formula is C13H17BrO2. The minimum atomic E-state index is 0.564. The Balaban J connectivity index is 2.55. The predicted molar refractivity (Wildman–Crippen MR) is 69.1 cm³/mol. The quantitative estimate of drug-likeness (QED) is 0.736. The van der Waals surface area contributed by atoms with Crippen molar-refractivity contribution >= 4 is 22.2 Å². The van der Waals surface area contributed by atoms with E-state index in [1.165, 1.54) is 12.8 Å². The zero-order chi connectivity index (χ0) is 12.0. The van der Waals surface area contributed by atoms with Crippen LogP contribution in [0.25, 0.3) is 0 Å². The molecule has 0 aromatic heterocycles. The van der Waals surface area contributed by atoms with Crippen molar-refractivity contribution in [1.82, 2.24) is 0 Å². The molecule has 0 radical (unpaired) electrons. The van der Waals surface area contributed by atoms with Crippen LogP contribution in [0, 0.1) is 5.92 Å². The van der Waals surface area contributed by atoms with Gasteiger partial charge < -0.3 is 4.74 Å². The first kappa shape index (κ1) is 13.2. The van der Waals surface area contributed by atoms with E-state index < -0.39 is 0 Å². The summed E-state index contributed by atoms with van der Waals surface area (Å²) in [5.41, 5.74) is 0.647. The van der Waals surface area contributed by atoms with Crippen LogP contribution in [0.1, 0.15) is 37.0 Å². The largest absolute Gasteiger partial charge is 0.493 e. The second-order valence-electron chi connectivity index (χ2n) is 4.01. The monoisotopic (exact) mass is 284 g/mol. The number of carbonyl (C=O) groups is 1. The molecule has 0 N–H and O–H groups in total. The van der Waals surface area contributed by atoms with Crippen molar-refractivity contribution in [3.63, 3.8) is 0 Å². The number of carbonyl (C=O) groups excluding carboxylic acids is 1. The highest BCUT2D eigenvalue weighted by Crippen LogP contribution is 2.22. The van der Waals surface area contributed by atoms with Crippen LogP contribution < -0.4 is 4.74 Å². The van der Waals surface area contributed by atoms with Gasteiger partial charge >= 0.3 is 0 Å². The molecule has 0 spiro atoms. The maximum Gasteiger partial charge on any atom is 0.151 e. The molecule has 1 aromatic carbocycles. The van der Waals surface area contributed by atoms with Crippen molar-refractivity contribution in [2.24, 2.45) is 5.92 Å². The summed E-state index contributed by atoms with van der Waals surface area (Å²) < 4.78 is 6.44. The third-order valence-corrected chi connectivity index (χ3v) is 3.10. The molecule has 2 nitrogen and oxygen atoms in total. The Kier molecular flexibility index (Phi) is 5.53. The summed E-state index contributed by atoms with van der Waals surface area (Å²) in [5.74, 6) is 1.37. The van der Waals surface area contributed by atoms with Crippen molar-refractivity contribution in [3.8, 4) is 5.75 Å². The molecule has 0 bridgehead atoms. The van der Waals surface area contributed by atoms with Crippen LogP contribution in [0.15, 0.2) is 22.7 Å². The number of rotatable bonds is 6. The van der Waals surface area contributed by atoms with Gasteiger partial charge in [-0.05, 0) is 46.5 Å². The van der Waals surface area contributed by atoms with E-state index >= 15 is 0 Å².